The largest absolute Gasteiger partial charge is 0.371 e. The van der Waals surface area contributed by atoms with Crippen LogP contribution in [-0.4, -0.2) is 30.5 Å². The molecule has 0 radical (unpaired) electrons. The van der Waals surface area contributed by atoms with E-state index in [-0.39, 0.29) is 5.91 Å². The maximum atomic E-state index is 11.4. The number of aromatic nitrogens is 1. The standard InChI is InChI=1S/C14H24N4O/c1-3-5-10-18(4-2)12-6-7-13(16-11-12)17-14(19)8-9-15/h6-7,11H,3-5,8-10,15H2,1-2H3,(H,16,17,19). The number of hydrogen-bond acceptors (Lipinski definition) is 4. The number of anilines is 2. The molecular formula is C14H24N4O. The van der Waals surface area contributed by atoms with Gasteiger partial charge in [0.2, 0.25) is 5.91 Å². The predicted molar refractivity (Wildman–Crippen MR) is 79.3 cm³/mol. The van der Waals surface area contributed by atoms with Crippen molar-refractivity contribution in [3.05, 3.63) is 18.3 Å². The lowest BCUT2D eigenvalue weighted by Gasteiger charge is -2.22. The van der Waals surface area contributed by atoms with Gasteiger partial charge in [0.25, 0.3) is 0 Å². The van der Waals surface area contributed by atoms with E-state index in [1.165, 1.54) is 12.8 Å². The summed E-state index contributed by atoms with van der Waals surface area (Å²) in [5.41, 5.74) is 6.41. The van der Waals surface area contributed by atoms with Crippen molar-refractivity contribution in [2.75, 3.05) is 29.9 Å². The van der Waals surface area contributed by atoms with Gasteiger partial charge in [0.05, 0.1) is 11.9 Å². The molecule has 3 N–H and O–H groups in total. The Labute approximate surface area is 115 Å². The zero-order valence-corrected chi connectivity index (χ0v) is 11.9. The van der Waals surface area contributed by atoms with Crippen LogP contribution in [0, 0.1) is 0 Å². The first-order valence-corrected chi connectivity index (χ1v) is 6.92. The van der Waals surface area contributed by atoms with Gasteiger partial charge in [0, 0.05) is 26.1 Å². The second-order valence-electron chi connectivity index (χ2n) is 4.42. The molecule has 0 aliphatic heterocycles. The highest BCUT2D eigenvalue weighted by molar-refractivity contribution is 5.89. The van der Waals surface area contributed by atoms with Gasteiger partial charge in [-0.05, 0) is 25.5 Å². The highest BCUT2D eigenvalue weighted by atomic mass is 16.1. The summed E-state index contributed by atoms with van der Waals surface area (Å²) in [4.78, 5) is 17.9. The van der Waals surface area contributed by atoms with Crippen molar-refractivity contribution < 1.29 is 4.79 Å². The van der Waals surface area contributed by atoms with Gasteiger partial charge in [-0.2, -0.15) is 0 Å². The van der Waals surface area contributed by atoms with E-state index in [0.717, 1.165) is 18.8 Å². The minimum Gasteiger partial charge on any atom is -0.371 e. The van der Waals surface area contributed by atoms with E-state index in [0.29, 0.717) is 18.8 Å². The van der Waals surface area contributed by atoms with Gasteiger partial charge in [-0.3, -0.25) is 4.79 Å². The highest BCUT2D eigenvalue weighted by Crippen LogP contribution is 2.15. The van der Waals surface area contributed by atoms with E-state index in [1.807, 2.05) is 12.1 Å². The van der Waals surface area contributed by atoms with Crippen LogP contribution in [0.25, 0.3) is 0 Å². The fourth-order valence-electron chi connectivity index (χ4n) is 1.80. The van der Waals surface area contributed by atoms with Crippen molar-refractivity contribution in [1.82, 2.24) is 4.98 Å². The average Bonchev–Trinajstić information content (AvgIpc) is 2.41. The second kappa shape index (κ2) is 8.48. The first kappa shape index (κ1) is 15.4. The van der Waals surface area contributed by atoms with Crippen LogP contribution in [-0.2, 0) is 4.79 Å². The topological polar surface area (TPSA) is 71.2 Å². The van der Waals surface area contributed by atoms with Crippen molar-refractivity contribution >= 4 is 17.4 Å². The lowest BCUT2D eigenvalue weighted by molar-refractivity contribution is -0.116. The quantitative estimate of drug-likeness (QED) is 0.753. The summed E-state index contributed by atoms with van der Waals surface area (Å²) >= 11 is 0. The van der Waals surface area contributed by atoms with E-state index in [4.69, 9.17) is 5.73 Å². The van der Waals surface area contributed by atoms with Crippen LogP contribution in [0.1, 0.15) is 33.1 Å². The van der Waals surface area contributed by atoms with Gasteiger partial charge in [-0.1, -0.05) is 13.3 Å². The molecule has 1 rings (SSSR count). The molecule has 0 bridgehead atoms. The van der Waals surface area contributed by atoms with Crippen molar-refractivity contribution in [3.63, 3.8) is 0 Å². The van der Waals surface area contributed by atoms with E-state index in [1.54, 1.807) is 6.20 Å². The van der Waals surface area contributed by atoms with Gasteiger partial charge >= 0.3 is 0 Å². The van der Waals surface area contributed by atoms with Crippen LogP contribution < -0.4 is 16.0 Å². The molecule has 0 spiro atoms. The van der Waals surface area contributed by atoms with Gasteiger partial charge in [-0.15, -0.1) is 0 Å². The molecule has 1 aromatic rings. The van der Waals surface area contributed by atoms with Crippen molar-refractivity contribution in [1.29, 1.82) is 0 Å². The summed E-state index contributed by atoms with van der Waals surface area (Å²) in [6, 6.07) is 3.82. The Morgan fingerprint density at radius 2 is 2.21 bits per heavy atom. The highest BCUT2D eigenvalue weighted by Gasteiger charge is 2.06. The smallest absolute Gasteiger partial charge is 0.226 e. The number of pyridine rings is 1. The van der Waals surface area contributed by atoms with Crippen LogP contribution in [0.2, 0.25) is 0 Å². The summed E-state index contributed by atoms with van der Waals surface area (Å²) in [5, 5.41) is 2.72. The molecule has 1 amide bonds. The number of nitrogens with zero attached hydrogens (tertiary/aromatic N) is 2. The Kier molecular flexibility index (Phi) is 6.89. The number of hydrogen-bond donors (Lipinski definition) is 2. The van der Waals surface area contributed by atoms with Gasteiger partial charge < -0.3 is 16.0 Å². The first-order chi connectivity index (χ1) is 9.21. The summed E-state index contributed by atoms with van der Waals surface area (Å²) < 4.78 is 0. The van der Waals surface area contributed by atoms with Gasteiger partial charge in [-0.25, -0.2) is 4.98 Å². The first-order valence-electron chi connectivity index (χ1n) is 6.92. The number of nitrogens with one attached hydrogen (secondary N) is 1. The molecule has 0 saturated heterocycles. The zero-order chi connectivity index (χ0) is 14.1. The second-order valence-corrected chi connectivity index (χ2v) is 4.42. The van der Waals surface area contributed by atoms with Crippen LogP contribution in [0.3, 0.4) is 0 Å². The van der Waals surface area contributed by atoms with Crippen LogP contribution in [0.5, 0.6) is 0 Å². The molecule has 0 saturated carbocycles. The Balaban J connectivity index is 2.61. The Morgan fingerprint density at radius 3 is 2.74 bits per heavy atom. The third-order valence-corrected chi connectivity index (χ3v) is 2.92. The number of carbonyl (C=O) groups is 1. The zero-order valence-electron chi connectivity index (χ0n) is 11.9. The Hall–Kier alpha value is -1.62. The van der Waals surface area contributed by atoms with Crippen molar-refractivity contribution in [2.45, 2.75) is 33.1 Å². The lowest BCUT2D eigenvalue weighted by atomic mass is 10.3. The van der Waals surface area contributed by atoms with Crippen molar-refractivity contribution in [3.8, 4) is 0 Å². The number of rotatable bonds is 8. The molecule has 5 nitrogen and oxygen atoms in total. The molecule has 106 valence electrons. The lowest BCUT2D eigenvalue weighted by Crippen LogP contribution is -2.24. The van der Waals surface area contributed by atoms with Crippen LogP contribution in [0.15, 0.2) is 18.3 Å². The number of nitrogens with two attached hydrogens (primary N) is 1. The Bertz CT molecular complexity index is 378. The molecule has 0 atom stereocenters. The number of amides is 1. The molecular weight excluding hydrogens is 240 g/mol. The van der Waals surface area contributed by atoms with E-state index >= 15 is 0 Å². The molecule has 0 unspecified atom stereocenters. The fourth-order valence-corrected chi connectivity index (χ4v) is 1.80. The average molecular weight is 264 g/mol. The molecule has 0 aromatic carbocycles. The van der Waals surface area contributed by atoms with E-state index in [9.17, 15) is 4.79 Å². The molecule has 5 heteroatoms. The minimum absolute atomic E-state index is 0.0962. The van der Waals surface area contributed by atoms with E-state index < -0.39 is 0 Å². The van der Waals surface area contributed by atoms with Gasteiger partial charge in [0.15, 0.2) is 0 Å². The molecule has 0 aliphatic carbocycles. The van der Waals surface area contributed by atoms with Crippen LogP contribution >= 0.6 is 0 Å². The molecule has 1 heterocycles. The maximum absolute atomic E-state index is 11.4. The molecule has 1 aromatic heterocycles. The summed E-state index contributed by atoms with van der Waals surface area (Å²) in [6.07, 6.45) is 4.47. The molecule has 0 aliphatic rings. The van der Waals surface area contributed by atoms with Gasteiger partial charge in [0.1, 0.15) is 5.82 Å². The SMILES string of the molecule is CCCCN(CC)c1ccc(NC(=O)CCN)nc1. The van der Waals surface area contributed by atoms with Crippen LogP contribution in [0.4, 0.5) is 11.5 Å². The number of unbranched alkanes of at least 4 members (excludes halogenated alkanes) is 1. The normalized spacial score (nSPS) is 10.3. The monoisotopic (exact) mass is 264 g/mol. The molecule has 0 fully saturated rings. The summed E-state index contributed by atoms with van der Waals surface area (Å²) in [7, 11) is 0. The predicted octanol–water partition coefficient (Wildman–Crippen LogP) is 2.00. The Morgan fingerprint density at radius 1 is 1.42 bits per heavy atom. The third kappa shape index (κ3) is 5.26. The maximum Gasteiger partial charge on any atom is 0.226 e. The fraction of sp³-hybridized carbons (Fsp3) is 0.571. The third-order valence-electron chi connectivity index (χ3n) is 2.92. The molecule has 19 heavy (non-hydrogen) atoms. The van der Waals surface area contributed by atoms with E-state index in [2.05, 4.69) is 29.0 Å². The minimum atomic E-state index is -0.0962. The van der Waals surface area contributed by atoms with Crippen molar-refractivity contribution in [2.24, 2.45) is 5.73 Å². The summed E-state index contributed by atoms with van der Waals surface area (Å²) in [5.74, 6) is 0.481. The number of carbonyl (C=O) groups excluding carboxylic acids is 1. The summed E-state index contributed by atoms with van der Waals surface area (Å²) in [6.45, 7) is 6.66.